The zero-order valence-corrected chi connectivity index (χ0v) is 53.0. The number of esters is 1. The van der Waals surface area contributed by atoms with Crippen LogP contribution in [0.25, 0.3) is 0 Å². The van der Waals surface area contributed by atoms with Crippen LogP contribution in [0.15, 0.2) is 12.2 Å². The van der Waals surface area contributed by atoms with Crippen molar-refractivity contribution in [1.82, 2.24) is 46.2 Å². The third kappa shape index (κ3) is 24.7. The second-order valence-corrected chi connectivity index (χ2v) is 24.6. The highest BCUT2D eigenvalue weighted by molar-refractivity contribution is 5.98. The van der Waals surface area contributed by atoms with Crippen LogP contribution in [-0.4, -0.2) is 197 Å². The Kier molecular flexibility index (Phi) is 31.2. The van der Waals surface area contributed by atoms with Gasteiger partial charge in [0.05, 0.1) is 19.3 Å². The molecule has 23 heteroatoms. The Morgan fingerprint density at radius 3 is 1.42 bits per heavy atom. The van der Waals surface area contributed by atoms with Gasteiger partial charge >= 0.3 is 12.1 Å². The molecule has 0 heterocycles. The second-order valence-electron chi connectivity index (χ2n) is 24.6. The van der Waals surface area contributed by atoms with E-state index in [0.717, 1.165) is 16.9 Å². The van der Waals surface area contributed by atoms with Crippen LogP contribution in [0.2, 0.25) is 1.41 Å². The zero-order valence-electron chi connectivity index (χ0n) is 54.0. The Bertz CT molecular complexity index is 2170. The number of alkyl carbamates (subject to hydrolysis) is 1. The number of carbonyl (C=O) groups is 10. The monoisotopic (exact) mass is 1150 g/mol. The third-order valence-electron chi connectivity index (χ3n) is 13.6. The molecule has 0 aliphatic rings. The summed E-state index contributed by atoms with van der Waals surface area (Å²) in [5.74, 6) is -8.94. The van der Waals surface area contributed by atoms with Crippen LogP contribution in [0.4, 0.5) is 4.79 Å². The number of amides is 9. The predicted molar refractivity (Wildman–Crippen MR) is 309 cm³/mol. The smallest absolute Gasteiger partial charge is 0.408 e. The van der Waals surface area contributed by atoms with E-state index in [1.54, 1.807) is 60.6 Å². The summed E-state index contributed by atoms with van der Waals surface area (Å²) < 4.78 is 19.0. The minimum absolute atomic E-state index is 0.0520. The van der Waals surface area contributed by atoms with Crippen molar-refractivity contribution in [1.29, 1.82) is 0 Å². The summed E-state index contributed by atoms with van der Waals surface area (Å²) in [6.45, 7) is 30.5. The molecule has 0 spiro atoms. The summed E-state index contributed by atoms with van der Waals surface area (Å²) in [5, 5.41) is 33.0. The maximum Gasteiger partial charge on any atom is 0.408 e. The van der Waals surface area contributed by atoms with E-state index >= 15 is 0 Å². The van der Waals surface area contributed by atoms with Crippen LogP contribution in [0.3, 0.4) is 0 Å². The lowest BCUT2D eigenvalue weighted by Crippen LogP contribution is -2.63. The number of methoxy groups -OCH3 is 1. The average Bonchev–Trinajstić information content (AvgIpc) is 3.36. The van der Waals surface area contributed by atoms with Crippen LogP contribution in [0.5, 0.6) is 0 Å². The van der Waals surface area contributed by atoms with Gasteiger partial charge in [-0.25, -0.2) is 9.59 Å². The van der Waals surface area contributed by atoms with E-state index in [-0.39, 0.29) is 49.4 Å². The number of allylic oxidation sites excluding steroid dienone is 2. The van der Waals surface area contributed by atoms with Gasteiger partial charge in [0.1, 0.15) is 53.9 Å². The number of likely N-dealkylation sites (N-methyl/N-ethyl adjacent to an activating group) is 4. The number of nitrogens with zero attached hydrogens (tertiary/aromatic N) is 4. The Hall–Kier alpha value is -5.84. The van der Waals surface area contributed by atoms with E-state index in [2.05, 4.69) is 21.3 Å². The van der Waals surface area contributed by atoms with Crippen molar-refractivity contribution in [2.45, 2.75) is 229 Å². The van der Waals surface area contributed by atoms with Gasteiger partial charge in [0.25, 0.3) is 0 Å². The van der Waals surface area contributed by atoms with Crippen molar-refractivity contribution in [2.75, 3.05) is 35.3 Å². The number of carbonyl (C=O) groups excluding carboxylic acids is 10. The Labute approximate surface area is 485 Å². The molecule has 7 N–H and O–H groups in total. The highest BCUT2D eigenvalue weighted by Crippen LogP contribution is 2.23. The molecule has 0 saturated carbocycles. The molecule has 0 saturated heterocycles. The first kappa shape index (κ1) is 73.2. The first-order valence-corrected chi connectivity index (χ1v) is 28.4. The quantitative estimate of drug-likeness (QED) is 0.0375. The van der Waals surface area contributed by atoms with Crippen LogP contribution in [-0.2, 0) is 52.6 Å². The Morgan fingerprint density at radius 1 is 0.543 bits per heavy atom. The molecule has 9 amide bonds. The molecule has 0 aromatic carbocycles. The van der Waals surface area contributed by atoms with Crippen molar-refractivity contribution in [3.05, 3.63) is 12.2 Å². The zero-order chi connectivity index (χ0) is 64.2. The highest BCUT2D eigenvalue weighted by atomic mass is 16.6. The fraction of sp³-hybridized carbons (Fsp3) is 0.793. The largest absolute Gasteiger partial charge is 0.467 e. The van der Waals surface area contributed by atoms with Gasteiger partial charge in [-0.3, -0.25) is 38.4 Å². The van der Waals surface area contributed by atoms with Crippen molar-refractivity contribution in [2.24, 2.45) is 35.5 Å². The fourth-order valence-corrected chi connectivity index (χ4v) is 9.18. The van der Waals surface area contributed by atoms with Crippen molar-refractivity contribution >= 4 is 59.3 Å². The number of aliphatic hydroxyl groups is 2. The standard InChI is InChI=1S/C58H105N9O14/c1-24-25-26-36(12)47(69)46(51(73)63-44(39(15)68)56(78)80-23)67(22)55(77)45(35(10)11)66(21)54(76)40(27-31(2)3)61-50(72)43(30-34(8)9)64(19)52(74)38(14)60-48(70)37(13)59-49(71)42(29-33(6)7)65(20)53(75)41(28-32(4)5)62-57(79)81-58(16,17)18/h24-25,31-47,68-69H,26-30H2,1-23H3,(H,59,71)(H,60,70)(H,61,72)(H,62,79)(H,63,73)/b25-24+/t36-,37+,38+,39-,40+,41+,42+,43+,44+,45+,46+,47-/m1/s1/i/hD. The van der Waals surface area contributed by atoms with E-state index in [9.17, 15) is 58.2 Å². The number of hydrogen-bond donors (Lipinski definition) is 7. The topological polar surface area (TPSA) is 303 Å². The molecule has 81 heavy (non-hydrogen) atoms. The van der Waals surface area contributed by atoms with Crippen LogP contribution in [0.1, 0.15) is 157 Å². The molecule has 0 radical (unpaired) electrons. The van der Waals surface area contributed by atoms with Crippen LogP contribution in [0, 0.1) is 35.5 Å². The van der Waals surface area contributed by atoms with Crippen LogP contribution < -0.4 is 26.6 Å². The lowest BCUT2D eigenvalue weighted by atomic mass is 9.91. The summed E-state index contributed by atoms with van der Waals surface area (Å²) in [7, 11) is 6.52. The maximum atomic E-state index is 14.8. The minimum atomic E-state index is -1.63. The van der Waals surface area contributed by atoms with Crippen molar-refractivity contribution < 1.29 is 69.0 Å². The van der Waals surface area contributed by atoms with Gasteiger partial charge in [0.2, 0.25) is 47.3 Å². The van der Waals surface area contributed by atoms with E-state index in [4.69, 9.17) is 10.9 Å². The first-order valence-electron chi connectivity index (χ1n) is 28.9. The molecule has 0 aromatic heterocycles. The van der Waals surface area contributed by atoms with Crippen molar-refractivity contribution in [3.8, 4) is 0 Å². The minimum Gasteiger partial charge on any atom is -0.467 e. The van der Waals surface area contributed by atoms with Gasteiger partial charge in [-0.1, -0.05) is 88.3 Å². The fourth-order valence-electron chi connectivity index (χ4n) is 9.18. The van der Waals surface area contributed by atoms with Gasteiger partial charge in [-0.2, -0.15) is 0 Å². The normalized spacial score (nSPS) is 16.5. The van der Waals surface area contributed by atoms with Gasteiger partial charge in [0.15, 0.2) is 7.45 Å². The van der Waals surface area contributed by atoms with Gasteiger partial charge in [-0.15, -0.1) is 0 Å². The van der Waals surface area contributed by atoms with Gasteiger partial charge in [-0.05, 0) is 116 Å². The molecule has 0 bridgehead atoms. The summed E-state index contributed by atoms with van der Waals surface area (Å²) in [6.07, 6.45) is 0.629. The van der Waals surface area contributed by atoms with E-state index in [1.807, 2.05) is 55.4 Å². The number of aliphatic hydroxyl groups excluding tert-OH is 2. The molecule has 0 rings (SSSR count). The molecule has 0 unspecified atom stereocenters. The third-order valence-corrected chi connectivity index (χ3v) is 13.6. The van der Waals surface area contributed by atoms with E-state index < -0.39 is 143 Å². The van der Waals surface area contributed by atoms with Gasteiger partial charge in [0, 0.05) is 28.2 Å². The maximum absolute atomic E-state index is 14.8. The molecular weight excluding hydrogens is 1050 g/mol. The van der Waals surface area contributed by atoms with Gasteiger partial charge < -0.3 is 65.9 Å². The second kappa shape index (κ2) is 34.6. The molecule has 0 aliphatic carbocycles. The Morgan fingerprint density at radius 2 is 0.988 bits per heavy atom. The summed E-state index contributed by atoms with van der Waals surface area (Å²) in [5.41, 5.74) is -0.848. The average molecular weight is 1150 g/mol. The summed E-state index contributed by atoms with van der Waals surface area (Å²) in [4.78, 5) is 144. The molecule has 0 aliphatic heterocycles. The SMILES string of the molecule is [2H]N(C(=O)[C@H](CC(C)C)N(C)C(=O)[C@H](CC(C)C)NC(=O)OC(C)(C)C)[C@@H](C)C(=O)N[C@@H](C)C(=O)N(C)[C@@H](CC(C)C)C(=O)N[C@@H](CC(C)C)C(=O)N(C)[C@H](C(=O)N(C)[C@H](C(=O)N[C@H](C(=O)OC)[C@@H](C)O)[C@H](O)[C@H](C)C/C=C/C)C(C)C. The molecule has 466 valence electrons. The Balaban J connectivity index is 6.88. The highest BCUT2D eigenvalue weighted by Gasteiger charge is 2.44. The molecule has 12 atom stereocenters. The number of ether oxygens (including phenoxy) is 2. The van der Waals surface area contributed by atoms with Crippen molar-refractivity contribution in [3.63, 3.8) is 0 Å². The summed E-state index contributed by atoms with van der Waals surface area (Å²) >= 11 is 0. The predicted octanol–water partition coefficient (Wildman–Crippen LogP) is 3.52. The first-order chi connectivity index (χ1) is 37.6. The lowest BCUT2D eigenvalue weighted by Gasteiger charge is -2.40. The molecular formula is C58H105N9O14. The lowest BCUT2D eigenvalue weighted by molar-refractivity contribution is -0.156. The molecule has 23 nitrogen and oxygen atoms in total. The van der Waals surface area contributed by atoms with E-state index in [1.165, 1.54) is 58.8 Å². The number of hydrogen-bond acceptors (Lipinski definition) is 14. The molecule has 0 aromatic rings. The van der Waals surface area contributed by atoms with E-state index in [0.29, 0.717) is 11.7 Å². The van der Waals surface area contributed by atoms with Crippen LogP contribution >= 0.6 is 0 Å². The molecule has 0 fully saturated rings. The summed E-state index contributed by atoms with van der Waals surface area (Å²) in [6, 6.07) is -12.0. The number of rotatable bonds is 32. The number of nitrogens with one attached hydrogen (secondary N) is 5.